The van der Waals surface area contributed by atoms with Crippen LogP contribution in [0.2, 0.25) is 0 Å². The molecule has 0 radical (unpaired) electrons. The van der Waals surface area contributed by atoms with E-state index in [4.69, 9.17) is 10.9 Å². The zero-order valence-electron chi connectivity index (χ0n) is 12.2. The Balaban J connectivity index is 2.04. The van der Waals surface area contributed by atoms with Crippen LogP contribution in [0.4, 0.5) is 0 Å². The predicted octanol–water partition coefficient (Wildman–Crippen LogP) is 2.18. The van der Waals surface area contributed by atoms with Gasteiger partial charge in [0.2, 0.25) is 5.96 Å². The molecule has 1 aliphatic rings. The SMILES string of the molecule is Cc1ccnc2c1C(=N/N=C(/N)NO)CC(c1ccsc1)C2. The van der Waals surface area contributed by atoms with E-state index >= 15 is 0 Å². The van der Waals surface area contributed by atoms with Crippen LogP contribution in [0, 0.1) is 6.92 Å². The first-order valence-electron chi connectivity index (χ1n) is 6.96. The fraction of sp³-hybridized carbons (Fsp3) is 0.267. The van der Waals surface area contributed by atoms with Crippen LogP contribution >= 0.6 is 11.3 Å². The summed E-state index contributed by atoms with van der Waals surface area (Å²) in [7, 11) is 0. The molecular formula is C15H17N5OS. The normalized spacial score (nSPS) is 20.0. The van der Waals surface area contributed by atoms with Crippen LogP contribution < -0.4 is 11.2 Å². The number of nitrogens with one attached hydrogen (secondary N) is 1. The number of hydrogen-bond donors (Lipinski definition) is 3. The van der Waals surface area contributed by atoms with Crippen LogP contribution in [0.25, 0.3) is 0 Å². The minimum Gasteiger partial charge on any atom is -0.367 e. The number of hydrogen-bond acceptors (Lipinski definition) is 5. The van der Waals surface area contributed by atoms with E-state index in [1.807, 2.05) is 19.2 Å². The van der Waals surface area contributed by atoms with Crippen LogP contribution in [0.3, 0.4) is 0 Å². The topological polar surface area (TPSA) is 95.9 Å². The van der Waals surface area contributed by atoms with Crippen molar-refractivity contribution in [1.29, 1.82) is 0 Å². The maximum absolute atomic E-state index is 8.73. The smallest absolute Gasteiger partial charge is 0.237 e. The number of rotatable bonds is 2. The highest BCUT2D eigenvalue weighted by Gasteiger charge is 2.27. The molecule has 4 N–H and O–H groups in total. The summed E-state index contributed by atoms with van der Waals surface area (Å²) in [4.78, 5) is 4.52. The van der Waals surface area contributed by atoms with E-state index in [2.05, 4.69) is 32.0 Å². The second-order valence-corrected chi connectivity index (χ2v) is 6.04. The molecule has 2 heterocycles. The van der Waals surface area contributed by atoms with Gasteiger partial charge < -0.3 is 5.73 Å². The maximum Gasteiger partial charge on any atom is 0.237 e. The number of aromatic nitrogens is 1. The van der Waals surface area contributed by atoms with Crippen molar-refractivity contribution in [2.75, 3.05) is 0 Å². The molecule has 1 unspecified atom stereocenters. The van der Waals surface area contributed by atoms with E-state index in [9.17, 15) is 0 Å². The highest BCUT2D eigenvalue weighted by Crippen LogP contribution is 2.34. The van der Waals surface area contributed by atoms with Gasteiger partial charge in [-0.15, -0.1) is 5.10 Å². The Morgan fingerprint density at radius 3 is 3.05 bits per heavy atom. The first-order valence-corrected chi connectivity index (χ1v) is 7.90. The molecular weight excluding hydrogens is 298 g/mol. The monoisotopic (exact) mass is 315 g/mol. The molecule has 0 saturated carbocycles. The van der Waals surface area contributed by atoms with Crippen LogP contribution in [0.15, 0.2) is 39.3 Å². The standard InChI is InChI=1S/C15H17N5OS/c1-9-2-4-17-12-6-11(10-3-5-22-8-10)7-13(14(9)12)18-19-15(16)20-21/h2-5,8,11,21H,6-7H2,1H3,(H3,16,19,20). The third-order valence-corrected chi connectivity index (χ3v) is 4.51. The lowest BCUT2D eigenvalue weighted by atomic mass is 9.81. The molecule has 3 rings (SSSR count). The minimum absolute atomic E-state index is 0.131. The summed E-state index contributed by atoms with van der Waals surface area (Å²) in [6.45, 7) is 2.04. The lowest BCUT2D eigenvalue weighted by Crippen LogP contribution is -2.28. The van der Waals surface area contributed by atoms with Crippen molar-refractivity contribution in [1.82, 2.24) is 10.5 Å². The number of hydroxylamine groups is 1. The Kier molecular flexibility index (Phi) is 4.17. The van der Waals surface area contributed by atoms with Gasteiger partial charge in [0.15, 0.2) is 0 Å². The van der Waals surface area contributed by atoms with Gasteiger partial charge in [-0.2, -0.15) is 16.4 Å². The largest absolute Gasteiger partial charge is 0.367 e. The third-order valence-electron chi connectivity index (χ3n) is 3.81. The van der Waals surface area contributed by atoms with Gasteiger partial charge in [0.05, 0.1) is 11.4 Å². The number of nitrogens with zero attached hydrogens (tertiary/aromatic N) is 3. The lowest BCUT2D eigenvalue weighted by Gasteiger charge is -2.25. The third kappa shape index (κ3) is 2.86. The maximum atomic E-state index is 8.73. The Hall–Kier alpha value is -2.25. The molecule has 1 atom stereocenters. The lowest BCUT2D eigenvalue weighted by molar-refractivity contribution is 0.232. The van der Waals surface area contributed by atoms with Gasteiger partial charge >= 0.3 is 0 Å². The van der Waals surface area contributed by atoms with Crippen molar-refractivity contribution in [2.24, 2.45) is 15.9 Å². The van der Waals surface area contributed by atoms with E-state index in [0.717, 1.165) is 35.4 Å². The van der Waals surface area contributed by atoms with Crippen molar-refractivity contribution in [2.45, 2.75) is 25.7 Å². The van der Waals surface area contributed by atoms with E-state index < -0.39 is 0 Å². The first kappa shape index (κ1) is 14.7. The number of fused-ring (bicyclic) bond motifs is 1. The molecule has 0 fully saturated rings. The van der Waals surface area contributed by atoms with Gasteiger partial charge in [0, 0.05) is 11.8 Å². The van der Waals surface area contributed by atoms with Crippen LogP contribution in [-0.2, 0) is 6.42 Å². The fourth-order valence-corrected chi connectivity index (χ4v) is 3.52. The van der Waals surface area contributed by atoms with E-state index in [1.54, 1.807) is 16.8 Å². The highest BCUT2D eigenvalue weighted by molar-refractivity contribution is 7.08. The quantitative estimate of drug-likeness (QED) is 0.449. The summed E-state index contributed by atoms with van der Waals surface area (Å²) in [5.41, 5.74) is 12.6. The average molecular weight is 315 g/mol. The molecule has 0 bridgehead atoms. The first-order chi connectivity index (χ1) is 10.7. The Morgan fingerprint density at radius 1 is 1.45 bits per heavy atom. The van der Waals surface area contributed by atoms with Gasteiger partial charge in [-0.3, -0.25) is 10.2 Å². The van der Waals surface area contributed by atoms with Gasteiger partial charge in [0.1, 0.15) is 0 Å². The Morgan fingerprint density at radius 2 is 2.32 bits per heavy atom. The second-order valence-electron chi connectivity index (χ2n) is 5.26. The van der Waals surface area contributed by atoms with Gasteiger partial charge in [-0.05, 0) is 59.7 Å². The fourth-order valence-electron chi connectivity index (χ4n) is 2.77. The molecule has 0 spiro atoms. The molecule has 2 aromatic rings. The molecule has 0 amide bonds. The summed E-state index contributed by atoms with van der Waals surface area (Å²) < 4.78 is 0. The predicted molar refractivity (Wildman–Crippen MR) is 87.4 cm³/mol. The van der Waals surface area contributed by atoms with Gasteiger partial charge in [-0.25, -0.2) is 5.48 Å². The summed E-state index contributed by atoms with van der Waals surface area (Å²) in [6, 6.07) is 4.11. The molecule has 0 aliphatic heterocycles. The number of aryl methyl sites for hydroxylation is 1. The van der Waals surface area contributed by atoms with E-state index in [-0.39, 0.29) is 5.96 Å². The van der Waals surface area contributed by atoms with Crippen LogP contribution in [0.1, 0.15) is 34.7 Å². The summed E-state index contributed by atoms with van der Waals surface area (Å²) in [5, 5.41) is 21.0. The van der Waals surface area contributed by atoms with E-state index in [0.29, 0.717) is 5.92 Å². The van der Waals surface area contributed by atoms with Crippen molar-refractivity contribution >= 4 is 23.0 Å². The molecule has 6 nitrogen and oxygen atoms in total. The molecule has 7 heteroatoms. The summed E-state index contributed by atoms with van der Waals surface area (Å²) in [5.74, 6) is 0.207. The van der Waals surface area contributed by atoms with Crippen LogP contribution in [0.5, 0.6) is 0 Å². The Labute approximate surface area is 132 Å². The number of pyridine rings is 1. The molecule has 22 heavy (non-hydrogen) atoms. The highest BCUT2D eigenvalue weighted by atomic mass is 32.1. The molecule has 0 saturated heterocycles. The molecule has 1 aliphatic carbocycles. The van der Waals surface area contributed by atoms with Crippen molar-refractivity contribution in [3.8, 4) is 0 Å². The zero-order chi connectivity index (χ0) is 15.5. The van der Waals surface area contributed by atoms with Crippen molar-refractivity contribution in [3.63, 3.8) is 0 Å². The molecule has 0 aromatic carbocycles. The molecule has 2 aromatic heterocycles. The second kappa shape index (κ2) is 6.25. The number of thiophene rings is 1. The average Bonchev–Trinajstić information content (AvgIpc) is 3.06. The van der Waals surface area contributed by atoms with E-state index in [1.165, 1.54) is 5.56 Å². The zero-order valence-corrected chi connectivity index (χ0v) is 13.0. The number of guanidine groups is 1. The van der Waals surface area contributed by atoms with Gasteiger partial charge in [0.25, 0.3) is 0 Å². The van der Waals surface area contributed by atoms with Crippen molar-refractivity contribution < 1.29 is 5.21 Å². The minimum atomic E-state index is -0.131. The summed E-state index contributed by atoms with van der Waals surface area (Å²) >= 11 is 1.69. The number of nitrogens with two attached hydrogens (primary N) is 1. The van der Waals surface area contributed by atoms with Gasteiger partial charge in [-0.1, -0.05) is 0 Å². The van der Waals surface area contributed by atoms with Crippen LogP contribution in [-0.4, -0.2) is 21.9 Å². The Bertz CT molecular complexity index is 724. The van der Waals surface area contributed by atoms with Crippen molar-refractivity contribution in [3.05, 3.63) is 51.5 Å². The summed E-state index contributed by atoms with van der Waals surface area (Å²) in [6.07, 6.45) is 3.50. The molecule has 114 valence electrons.